The number of nitrogens with one attached hydrogen (secondary N) is 2. The number of hydrogen-bond acceptors (Lipinski definition) is 8. The molecule has 0 spiro atoms. The lowest BCUT2D eigenvalue weighted by Crippen LogP contribution is -2.56. The molecule has 4 aromatic rings. The van der Waals surface area contributed by atoms with E-state index < -0.39 is 59.0 Å². The normalized spacial score (nSPS) is 19.0. The molecule has 62 heavy (non-hydrogen) atoms. The number of hydrogen-bond donors (Lipinski definition) is 4. The molecule has 14 nitrogen and oxygen atoms in total. The summed E-state index contributed by atoms with van der Waals surface area (Å²) >= 11 is 0. The van der Waals surface area contributed by atoms with Gasteiger partial charge in [0.1, 0.15) is 23.2 Å². The molecule has 6 amide bonds. The van der Waals surface area contributed by atoms with Gasteiger partial charge in [0.05, 0.1) is 13.2 Å². The second-order valence-electron chi connectivity index (χ2n) is 15.3. The summed E-state index contributed by atoms with van der Waals surface area (Å²) in [7, 11) is 0. The average Bonchev–Trinajstić information content (AvgIpc) is 3.96. The van der Waals surface area contributed by atoms with Crippen molar-refractivity contribution >= 4 is 35.8 Å². The molecule has 0 radical (unpaired) electrons. The van der Waals surface area contributed by atoms with Gasteiger partial charge in [0.15, 0.2) is 0 Å². The number of ether oxygens (including phenoxy) is 2. The molecule has 2 fully saturated rings. The van der Waals surface area contributed by atoms with Gasteiger partial charge in [0, 0.05) is 24.2 Å². The first-order valence-corrected chi connectivity index (χ1v) is 20.9. The molecule has 2 aliphatic rings. The molecular formula is C48H52N6O8. The summed E-state index contributed by atoms with van der Waals surface area (Å²) in [5.74, 6) is 3.89. The Balaban J connectivity index is 1.22. The van der Waals surface area contributed by atoms with Gasteiger partial charge >= 0.3 is 12.2 Å². The molecule has 0 aromatic heterocycles. The van der Waals surface area contributed by atoms with Crippen LogP contribution >= 0.6 is 0 Å². The number of carbonyl (C=O) groups is 6. The zero-order chi connectivity index (χ0) is 44.3. The Bertz CT molecular complexity index is 2150. The number of rotatable bonds is 14. The molecule has 14 heteroatoms. The van der Waals surface area contributed by atoms with Crippen LogP contribution in [0.4, 0.5) is 9.59 Å². The highest BCUT2D eigenvalue weighted by Crippen LogP contribution is 2.42. The van der Waals surface area contributed by atoms with Gasteiger partial charge in [-0.3, -0.25) is 19.2 Å². The first-order chi connectivity index (χ1) is 30.0. The summed E-state index contributed by atoms with van der Waals surface area (Å²) < 4.78 is 10.5. The Labute approximate surface area is 361 Å². The molecule has 0 unspecified atom stereocenters. The van der Waals surface area contributed by atoms with E-state index >= 15 is 0 Å². The standard InChI is InChI=1S/C48H52N6O8/c1-3-31-61-45(59)51-39(35-13-7-5-8-14-35)41(55)53-29-11-27-47(53,43(49)57)37-23-19-33(20-24-37)17-18-34-21-25-38(26-22-34)48(44(50)58)28-12-30-54(48)42(56)40(36-15-9-6-10-16-36)52-46(60)62-32-4-2/h5-10,13-16,19-26,39-40H,3-4,11-12,27-32H2,1-2H3,(H2,49,57)(H2,50,58)(H,51,59)(H,52,60)/t39-,40-,47+,48+/m1/s1. The van der Waals surface area contributed by atoms with Gasteiger partial charge in [0.2, 0.25) is 11.8 Å². The van der Waals surface area contributed by atoms with Gasteiger partial charge in [0.25, 0.3) is 11.8 Å². The van der Waals surface area contributed by atoms with Crippen LogP contribution in [0.3, 0.4) is 0 Å². The molecule has 6 rings (SSSR count). The van der Waals surface area contributed by atoms with E-state index in [0.29, 0.717) is 59.1 Å². The molecular weight excluding hydrogens is 789 g/mol. The summed E-state index contributed by atoms with van der Waals surface area (Å²) in [6, 6.07) is 29.2. The van der Waals surface area contributed by atoms with Crippen LogP contribution in [0.5, 0.6) is 0 Å². The van der Waals surface area contributed by atoms with E-state index in [-0.39, 0.29) is 39.1 Å². The SMILES string of the molecule is CCCOC(=O)N[C@@H](C(=O)N1CCC[C@@]1(C(N)=O)c1ccc(C#Cc2ccc([C@]3(C(N)=O)CCCN3C(=O)[C@H](NC(=O)OCCC)c3ccccc3)cc2)cc1)c1ccccc1. The molecule has 2 saturated heterocycles. The number of primary amides is 2. The lowest BCUT2D eigenvalue weighted by atomic mass is 9.85. The summed E-state index contributed by atoms with van der Waals surface area (Å²) in [6.07, 6.45) is 1.33. The van der Waals surface area contributed by atoms with Crippen LogP contribution in [-0.4, -0.2) is 71.9 Å². The maximum atomic E-state index is 14.3. The third kappa shape index (κ3) is 9.27. The molecule has 4 aromatic carbocycles. The minimum absolute atomic E-state index is 0.183. The van der Waals surface area contributed by atoms with Crippen LogP contribution in [0, 0.1) is 11.8 Å². The largest absolute Gasteiger partial charge is 0.450 e. The van der Waals surface area contributed by atoms with Gasteiger partial charge in [-0.15, -0.1) is 0 Å². The van der Waals surface area contributed by atoms with Gasteiger partial charge in [-0.2, -0.15) is 0 Å². The molecule has 2 aliphatic heterocycles. The van der Waals surface area contributed by atoms with Crippen molar-refractivity contribution in [2.24, 2.45) is 11.5 Å². The van der Waals surface area contributed by atoms with E-state index in [1.54, 1.807) is 109 Å². The maximum absolute atomic E-state index is 14.3. The van der Waals surface area contributed by atoms with Crippen LogP contribution in [0.25, 0.3) is 0 Å². The van der Waals surface area contributed by atoms with E-state index in [1.807, 2.05) is 13.8 Å². The highest BCUT2D eigenvalue weighted by atomic mass is 16.6. The summed E-state index contributed by atoms with van der Waals surface area (Å²) in [5.41, 5.74) is 12.6. The quantitative estimate of drug-likeness (QED) is 0.120. The fourth-order valence-corrected chi connectivity index (χ4v) is 8.32. The topological polar surface area (TPSA) is 203 Å². The molecule has 4 atom stereocenters. The third-order valence-corrected chi connectivity index (χ3v) is 11.3. The Morgan fingerprint density at radius 1 is 0.581 bits per heavy atom. The Kier molecular flexibility index (Phi) is 14.3. The van der Waals surface area contributed by atoms with Crippen LogP contribution in [0.1, 0.15) is 97.8 Å². The highest BCUT2D eigenvalue weighted by molar-refractivity contribution is 5.96. The van der Waals surface area contributed by atoms with Crippen LogP contribution in [0.2, 0.25) is 0 Å². The van der Waals surface area contributed by atoms with Gasteiger partial charge < -0.3 is 41.4 Å². The highest BCUT2D eigenvalue weighted by Gasteiger charge is 2.53. The molecule has 0 bridgehead atoms. The first-order valence-electron chi connectivity index (χ1n) is 20.9. The summed E-state index contributed by atoms with van der Waals surface area (Å²) in [5, 5.41) is 5.38. The monoisotopic (exact) mass is 840 g/mol. The minimum Gasteiger partial charge on any atom is -0.450 e. The number of benzene rings is 4. The predicted octanol–water partition coefficient (Wildman–Crippen LogP) is 5.45. The van der Waals surface area contributed by atoms with E-state index in [2.05, 4.69) is 22.5 Å². The smallest absolute Gasteiger partial charge is 0.408 e. The van der Waals surface area contributed by atoms with E-state index in [0.717, 1.165) is 0 Å². The number of likely N-dealkylation sites (tertiary alicyclic amines) is 2. The Morgan fingerprint density at radius 3 is 1.26 bits per heavy atom. The first kappa shape index (κ1) is 44.4. The summed E-state index contributed by atoms with van der Waals surface area (Å²) in [6.45, 7) is 4.59. The number of alkyl carbamates (subject to hydrolysis) is 2. The molecule has 2 heterocycles. The summed E-state index contributed by atoms with van der Waals surface area (Å²) in [4.78, 5) is 83.7. The van der Waals surface area contributed by atoms with Crippen molar-refractivity contribution in [2.75, 3.05) is 26.3 Å². The number of amides is 6. The van der Waals surface area contributed by atoms with Gasteiger partial charge in [-0.25, -0.2) is 9.59 Å². The lowest BCUT2D eigenvalue weighted by molar-refractivity contribution is -0.145. The van der Waals surface area contributed by atoms with E-state index in [4.69, 9.17) is 20.9 Å². The fourth-order valence-electron chi connectivity index (χ4n) is 8.32. The van der Waals surface area contributed by atoms with Crippen LogP contribution in [0.15, 0.2) is 109 Å². The number of nitrogens with two attached hydrogens (primary N) is 2. The van der Waals surface area contributed by atoms with Crippen molar-refractivity contribution in [2.45, 2.75) is 75.5 Å². The van der Waals surface area contributed by atoms with Gasteiger partial charge in [-0.05, 0) is 85.0 Å². The average molecular weight is 841 g/mol. The molecule has 322 valence electrons. The zero-order valence-electron chi connectivity index (χ0n) is 34.9. The van der Waals surface area contributed by atoms with Crippen molar-refractivity contribution in [1.29, 1.82) is 0 Å². The number of nitrogens with zero attached hydrogens (tertiary/aromatic N) is 2. The molecule has 6 N–H and O–H groups in total. The maximum Gasteiger partial charge on any atom is 0.408 e. The fraction of sp³-hybridized carbons (Fsp3) is 0.333. The van der Waals surface area contributed by atoms with Crippen molar-refractivity contribution in [3.8, 4) is 11.8 Å². The zero-order valence-corrected chi connectivity index (χ0v) is 34.9. The van der Waals surface area contributed by atoms with Crippen molar-refractivity contribution in [3.05, 3.63) is 143 Å². The second kappa shape index (κ2) is 19.9. The predicted molar refractivity (Wildman–Crippen MR) is 230 cm³/mol. The van der Waals surface area contributed by atoms with Crippen molar-refractivity contribution in [3.63, 3.8) is 0 Å². The second-order valence-corrected chi connectivity index (χ2v) is 15.3. The Morgan fingerprint density at radius 2 is 0.935 bits per heavy atom. The van der Waals surface area contributed by atoms with E-state index in [9.17, 15) is 28.8 Å². The van der Waals surface area contributed by atoms with Crippen LogP contribution in [-0.2, 0) is 39.7 Å². The minimum atomic E-state index is -1.47. The van der Waals surface area contributed by atoms with Crippen LogP contribution < -0.4 is 22.1 Å². The van der Waals surface area contributed by atoms with Gasteiger partial charge in [-0.1, -0.05) is 111 Å². The molecule has 0 saturated carbocycles. The molecule has 0 aliphatic carbocycles. The third-order valence-electron chi connectivity index (χ3n) is 11.3. The van der Waals surface area contributed by atoms with Crippen molar-refractivity contribution in [1.82, 2.24) is 20.4 Å². The van der Waals surface area contributed by atoms with Crippen molar-refractivity contribution < 1.29 is 38.2 Å². The van der Waals surface area contributed by atoms with E-state index in [1.165, 1.54) is 9.80 Å². The Hall–Kier alpha value is -7.14. The number of carbonyl (C=O) groups excluding carboxylic acids is 6. The lowest BCUT2D eigenvalue weighted by Gasteiger charge is -2.38.